The van der Waals surface area contributed by atoms with Gasteiger partial charge >= 0.3 is 0 Å². The lowest BCUT2D eigenvalue weighted by Gasteiger charge is -2.10. The predicted molar refractivity (Wildman–Crippen MR) is 69.8 cm³/mol. The van der Waals surface area contributed by atoms with Crippen LogP contribution in [0, 0.1) is 0 Å². The Morgan fingerprint density at radius 1 is 1.38 bits per heavy atom. The third-order valence-electron chi connectivity index (χ3n) is 2.45. The molecule has 0 fully saturated rings. The van der Waals surface area contributed by atoms with E-state index >= 15 is 0 Å². The van der Waals surface area contributed by atoms with Gasteiger partial charge in [-0.2, -0.15) is 0 Å². The first kappa shape index (κ1) is 12.6. The molecule has 2 N–H and O–H groups in total. The van der Waals surface area contributed by atoms with Gasteiger partial charge in [0.15, 0.2) is 0 Å². The summed E-state index contributed by atoms with van der Waals surface area (Å²) in [6, 6.07) is 5.78. The Balaban J connectivity index is 2.59. The fourth-order valence-corrected chi connectivity index (χ4v) is 1.59. The molecule has 2 heteroatoms. The van der Waals surface area contributed by atoms with Gasteiger partial charge in [0.2, 0.25) is 0 Å². The molecule has 2 nitrogen and oxygen atoms in total. The van der Waals surface area contributed by atoms with E-state index in [0.29, 0.717) is 0 Å². The zero-order valence-electron chi connectivity index (χ0n) is 10.0. The average molecular weight is 219 g/mol. The van der Waals surface area contributed by atoms with E-state index in [1.165, 1.54) is 12.8 Å². The van der Waals surface area contributed by atoms with Gasteiger partial charge in [-0.3, -0.25) is 0 Å². The summed E-state index contributed by atoms with van der Waals surface area (Å²) in [5.41, 5.74) is 7.64. The van der Waals surface area contributed by atoms with Crippen LogP contribution in [0.5, 0.6) is 5.75 Å². The minimum atomic E-state index is 0.776. The van der Waals surface area contributed by atoms with Crippen LogP contribution in [0.4, 0.5) is 5.69 Å². The smallest absolute Gasteiger partial charge is 0.122 e. The van der Waals surface area contributed by atoms with Gasteiger partial charge in [-0.1, -0.05) is 25.8 Å². The third kappa shape index (κ3) is 3.97. The largest absolute Gasteiger partial charge is 0.493 e. The van der Waals surface area contributed by atoms with Crippen LogP contribution in [0.25, 0.3) is 0 Å². The Labute approximate surface area is 98.1 Å². The van der Waals surface area contributed by atoms with E-state index in [0.717, 1.165) is 36.4 Å². The van der Waals surface area contributed by atoms with Crippen LogP contribution in [-0.4, -0.2) is 6.61 Å². The lowest BCUT2D eigenvalue weighted by Crippen LogP contribution is -2.00. The minimum absolute atomic E-state index is 0.776. The molecule has 0 heterocycles. The highest BCUT2D eigenvalue weighted by Crippen LogP contribution is 2.22. The summed E-state index contributed by atoms with van der Waals surface area (Å²) < 4.78 is 5.74. The van der Waals surface area contributed by atoms with Crippen molar-refractivity contribution in [3.8, 4) is 5.75 Å². The summed E-state index contributed by atoms with van der Waals surface area (Å²) in [4.78, 5) is 0. The number of nitrogen functional groups attached to an aromatic ring is 1. The highest BCUT2D eigenvalue weighted by Gasteiger charge is 2.02. The van der Waals surface area contributed by atoms with Crippen LogP contribution in [0.15, 0.2) is 30.9 Å². The molecule has 0 aromatic heterocycles. The van der Waals surface area contributed by atoms with Gasteiger partial charge in [-0.25, -0.2) is 0 Å². The van der Waals surface area contributed by atoms with Gasteiger partial charge in [0, 0.05) is 5.69 Å². The minimum Gasteiger partial charge on any atom is -0.493 e. The molecular weight excluding hydrogens is 198 g/mol. The number of rotatable bonds is 7. The van der Waals surface area contributed by atoms with E-state index in [9.17, 15) is 0 Å². The number of benzene rings is 1. The highest BCUT2D eigenvalue weighted by atomic mass is 16.5. The van der Waals surface area contributed by atoms with Crippen LogP contribution in [-0.2, 0) is 6.42 Å². The molecule has 1 rings (SSSR count). The summed E-state index contributed by atoms with van der Waals surface area (Å²) in [7, 11) is 0. The number of hydrogen-bond acceptors (Lipinski definition) is 2. The molecule has 0 aliphatic heterocycles. The molecule has 1 aromatic rings. The summed E-state index contributed by atoms with van der Waals surface area (Å²) in [5, 5.41) is 0. The second-order valence-corrected chi connectivity index (χ2v) is 3.92. The van der Waals surface area contributed by atoms with Gasteiger partial charge in [0.1, 0.15) is 5.75 Å². The van der Waals surface area contributed by atoms with Gasteiger partial charge in [-0.05, 0) is 36.6 Å². The summed E-state index contributed by atoms with van der Waals surface area (Å²) in [6.07, 6.45) is 6.20. The Kier molecular flexibility index (Phi) is 5.48. The van der Waals surface area contributed by atoms with Crippen molar-refractivity contribution in [3.05, 3.63) is 36.4 Å². The van der Waals surface area contributed by atoms with Crippen molar-refractivity contribution in [2.24, 2.45) is 0 Å². The molecule has 88 valence electrons. The maximum Gasteiger partial charge on any atom is 0.122 e. The number of anilines is 1. The number of allylic oxidation sites excluding steroid dienone is 1. The number of hydrogen-bond donors (Lipinski definition) is 1. The summed E-state index contributed by atoms with van der Waals surface area (Å²) >= 11 is 0. The van der Waals surface area contributed by atoms with Crippen LogP contribution >= 0.6 is 0 Å². The Hall–Kier alpha value is -1.44. The summed E-state index contributed by atoms with van der Waals surface area (Å²) in [6.45, 7) is 6.71. The SMILES string of the molecule is C=CCc1cc(N)ccc1OCCCCC. The van der Waals surface area contributed by atoms with Crippen LogP contribution in [0.1, 0.15) is 31.7 Å². The molecule has 0 aliphatic carbocycles. The van der Waals surface area contributed by atoms with Crippen molar-refractivity contribution in [3.63, 3.8) is 0 Å². The van der Waals surface area contributed by atoms with E-state index in [-0.39, 0.29) is 0 Å². The first-order valence-corrected chi connectivity index (χ1v) is 5.90. The molecule has 0 radical (unpaired) electrons. The van der Waals surface area contributed by atoms with E-state index in [4.69, 9.17) is 10.5 Å². The van der Waals surface area contributed by atoms with Crippen molar-refractivity contribution < 1.29 is 4.74 Å². The van der Waals surface area contributed by atoms with Crippen molar-refractivity contribution in [2.45, 2.75) is 32.6 Å². The molecular formula is C14H21NO. The lowest BCUT2D eigenvalue weighted by molar-refractivity contribution is 0.304. The predicted octanol–water partition coefficient (Wildman–Crippen LogP) is 3.57. The molecule has 0 unspecified atom stereocenters. The zero-order chi connectivity index (χ0) is 11.8. The Morgan fingerprint density at radius 2 is 2.19 bits per heavy atom. The molecule has 0 saturated heterocycles. The van der Waals surface area contributed by atoms with Gasteiger partial charge < -0.3 is 10.5 Å². The van der Waals surface area contributed by atoms with E-state index in [2.05, 4.69) is 13.5 Å². The third-order valence-corrected chi connectivity index (χ3v) is 2.45. The molecule has 0 saturated carbocycles. The van der Waals surface area contributed by atoms with Crippen molar-refractivity contribution in [2.75, 3.05) is 12.3 Å². The molecule has 0 bridgehead atoms. The van der Waals surface area contributed by atoms with Gasteiger partial charge in [-0.15, -0.1) is 6.58 Å². The fourth-order valence-electron chi connectivity index (χ4n) is 1.59. The second-order valence-electron chi connectivity index (χ2n) is 3.92. The molecule has 1 aromatic carbocycles. The first-order chi connectivity index (χ1) is 7.77. The zero-order valence-corrected chi connectivity index (χ0v) is 10.0. The molecule has 0 spiro atoms. The number of unbranched alkanes of at least 4 members (excludes halogenated alkanes) is 2. The highest BCUT2D eigenvalue weighted by molar-refractivity contribution is 5.48. The molecule has 0 amide bonds. The maximum absolute atomic E-state index is 5.74. The van der Waals surface area contributed by atoms with Crippen molar-refractivity contribution in [1.29, 1.82) is 0 Å². The number of nitrogens with two attached hydrogens (primary N) is 1. The molecule has 16 heavy (non-hydrogen) atoms. The topological polar surface area (TPSA) is 35.2 Å². The van der Waals surface area contributed by atoms with Crippen LogP contribution in [0.2, 0.25) is 0 Å². The number of ether oxygens (including phenoxy) is 1. The lowest BCUT2D eigenvalue weighted by atomic mass is 10.1. The van der Waals surface area contributed by atoms with Crippen LogP contribution in [0.3, 0.4) is 0 Å². The Morgan fingerprint density at radius 3 is 2.88 bits per heavy atom. The quantitative estimate of drug-likeness (QED) is 0.432. The second kappa shape index (κ2) is 6.94. The standard InChI is InChI=1S/C14H21NO/c1-3-5-6-10-16-14-9-8-13(15)11-12(14)7-4-2/h4,8-9,11H,2-3,5-7,10,15H2,1H3. The van der Waals surface area contributed by atoms with E-state index in [1.807, 2.05) is 24.3 Å². The fraction of sp³-hybridized carbons (Fsp3) is 0.429. The van der Waals surface area contributed by atoms with Crippen molar-refractivity contribution >= 4 is 5.69 Å². The van der Waals surface area contributed by atoms with E-state index < -0.39 is 0 Å². The van der Waals surface area contributed by atoms with E-state index in [1.54, 1.807) is 0 Å². The molecule has 0 aliphatic rings. The van der Waals surface area contributed by atoms with Gasteiger partial charge in [0.25, 0.3) is 0 Å². The average Bonchev–Trinajstić information content (AvgIpc) is 2.27. The first-order valence-electron chi connectivity index (χ1n) is 5.90. The normalized spacial score (nSPS) is 10.1. The van der Waals surface area contributed by atoms with Crippen LogP contribution < -0.4 is 10.5 Å². The maximum atomic E-state index is 5.74. The summed E-state index contributed by atoms with van der Waals surface area (Å²) in [5.74, 6) is 0.935. The monoisotopic (exact) mass is 219 g/mol. The van der Waals surface area contributed by atoms with Gasteiger partial charge in [0.05, 0.1) is 6.61 Å². The molecule has 0 atom stereocenters. The Bertz CT molecular complexity index is 334. The van der Waals surface area contributed by atoms with Crippen molar-refractivity contribution in [1.82, 2.24) is 0 Å².